The number of benzene rings is 2. The Hall–Kier alpha value is -2.49. The Kier molecular flexibility index (Phi) is 2.64. The predicted molar refractivity (Wildman–Crippen MR) is 86.6 cm³/mol. The third-order valence-electron chi connectivity index (χ3n) is 4.30. The average molecular weight is 278 g/mol. The molecule has 1 aliphatic heterocycles. The van der Waals surface area contributed by atoms with E-state index in [4.69, 9.17) is 10.8 Å². The summed E-state index contributed by atoms with van der Waals surface area (Å²) in [7, 11) is 0. The highest BCUT2D eigenvalue weighted by molar-refractivity contribution is 5.90. The van der Waals surface area contributed by atoms with Crippen molar-refractivity contribution in [2.75, 3.05) is 17.6 Å². The summed E-state index contributed by atoms with van der Waals surface area (Å²) < 4.78 is 2.11. The number of nitrogens with zero attached hydrogens (tertiary/aromatic N) is 2. The SMILES string of the molecule is Cc1ccc(C2CCNc3c4ccccc4nn32)cc1N. The quantitative estimate of drug-likeness (QED) is 0.671. The van der Waals surface area contributed by atoms with E-state index in [9.17, 15) is 0 Å². The first kappa shape index (κ1) is 12.3. The van der Waals surface area contributed by atoms with E-state index in [0.29, 0.717) is 0 Å². The van der Waals surface area contributed by atoms with Crippen LogP contribution in [0.1, 0.15) is 23.6 Å². The van der Waals surface area contributed by atoms with Crippen molar-refractivity contribution in [1.82, 2.24) is 9.78 Å². The molecule has 1 aromatic heterocycles. The van der Waals surface area contributed by atoms with Gasteiger partial charge in [0.1, 0.15) is 5.82 Å². The molecule has 3 aromatic rings. The fraction of sp³-hybridized carbons (Fsp3) is 0.235. The number of nitrogens with one attached hydrogen (secondary N) is 1. The molecule has 4 rings (SSSR count). The summed E-state index contributed by atoms with van der Waals surface area (Å²) in [6, 6.07) is 14.8. The fourth-order valence-electron chi connectivity index (χ4n) is 3.08. The number of rotatable bonds is 1. The second-order valence-corrected chi connectivity index (χ2v) is 5.66. The van der Waals surface area contributed by atoms with Crippen molar-refractivity contribution in [3.05, 3.63) is 53.6 Å². The maximum atomic E-state index is 6.08. The standard InChI is InChI=1S/C17H18N4/c1-11-6-7-12(10-14(11)18)16-8-9-19-17-13-4-2-3-5-15(13)20-21(16)17/h2-7,10,16,19H,8-9,18H2,1H3. The molecule has 0 saturated carbocycles. The summed E-state index contributed by atoms with van der Waals surface area (Å²) in [6.45, 7) is 2.99. The van der Waals surface area contributed by atoms with Crippen LogP contribution in [0.25, 0.3) is 10.9 Å². The van der Waals surface area contributed by atoms with E-state index in [1.807, 2.05) is 13.0 Å². The van der Waals surface area contributed by atoms with Crippen molar-refractivity contribution in [2.24, 2.45) is 0 Å². The zero-order valence-corrected chi connectivity index (χ0v) is 12.0. The number of aromatic nitrogens is 2. The van der Waals surface area contributed by atoms with Crippen LogP contribution in [-0.2, 0) is 0 Å². The van der Waals surface area contributed by atoms with Gasteiger partial charge in [0, 0.05) is 17.6 Å². The molecule has 0 fully saturated rings. The molecule has 0 amide bonds. The number of nitrogen functional groups attached to an aromatic ring is 1. The molecule has 1 unspecified atom stereocenters. The van der Waals surface area contributed by atoms with E-state index in [2.05, 4.69) is 46.4 Å². The number of fused-ring (bicyclic) bond motifs is 3. The van der Waals surface area contributed by atoms with Gasteiger partial charge >= 0.3 is 0 Å². The minimum atomic E-state index is 0.247. The van der Waals surface area contributed by atoms with E-state index >= 15 is 0 Å². The molecule has 3 N–H and O–H groups in total. The summed E-state index contributed by atoms with van der Waals surface area (Å²) in [5, 5.41) is 9.44. The second-order valence-electron chi connectivity index (χ2n) is 5.66. The van der Waals surface area contributed by atoms with Crippen LogP contribution in [-0.4, -0.2) is 16.3 Å². The van der Waals surface area contributed by atoms with Crippen LogP contribution in [0.5, 0.6) is 0 Å². The molecule has 0 saturated heterocycles. The molecule has 0 aliphatic carbocycles. The third kappa shape index (κ3) is 1.87. The van der Waals surface area contributed by atoms with E-state index in [1.54, 1.807) is 0 Å². The lowest BCUT2D eigenvalue weighted by atomic mass is 10.00. The minimum absolute atomic E-state index is 0.247. The Morgan fingerprint density at radius 3 is 2.95 bits per heavy atom. The van der Waals surface area contributed by atoms with Gasteiger partial charge in [-0.3, -0.25) is 0 Å². The zero-order valence-electron chi connectivity index (χ0n) is 12.0. The Morgan fingerprint density at radius 1 is 1.24 bits per heavy atom. The van der Waals surface area contributed by atoms with Crippen LogP contribution in [0.2, 0.25) is 0 Å². The molecular weight excluding hydrogens is 260 g/mol. The molecule has 0 spiro atoms. The van der Waals surface area contributed by atoms with Crippen molar-refractivity contribution in [1.29, 1.82) is 0 Å². The molecule has 21 heavy (non-hydrogen) atoms. The molecule has 1 aliphatic rings. The Morgan fingerprint density at radius 2 is 2.10 bits per heavy atom. The monoisotopic (exact) mass is 278 g/mol. The molecule has 1 atom stereocenters. The van der Waals surface area contributed by atoms with Crippen LogP contribution in [0.15, 0.2) is 42.5 Å². The lowest BCUT2D eigenvalue weighted by Gasteiger charge is -2.26. The molecule has 2 heterocycles. The number of hydrogen-bond acceptors (Lipinski definition) is 3. The van der Waals surface area contributed by atoms with E-state index < -0.39 is 0 Å². The summed E-state index contributed by atoms with van der Waals surface area (Å²) >= 11 is 0. The van der Waals surface area contributed by atoms with Gasteiger partial charge in [-0.25, -0.2) is 4.68 Å². The lowest BCUT2D eigenvalue weighted by molar-refractivity contribution is 0.486. The van der Waals surface area contributed by atoms with Gasteiger partial charge in [-0.1, -0.05) is 24.3 Å². The maximum absolute atomic E-state index is 6.08. The van der Waals surface area contributed by atoms with Crippen LogP contribution >= 0.6 is 0 Å². The van der Waals surface area contributed by atoms with Gasteiger partial charge in [0.05, 0.1) is 11.6 Å². The first-order valence-corrected chi connectivity index (χ1v) is 7.31. The van der Waals surface area contributed by atoms with Crippen LogP contribution in [0, 0.1) is 6.92 Å². The molecule has 106 valence electrons. The third-order valence-corrected chi connectivity index (χ3v) is 4.30. The van der Waals surface area contributed by atoms with Crippen molar-refractivity contribution >= 4 is 22.4 Å². The van der Waals surface area contributed by atoms with Gasteiger partial charge in [0.25, 0.3) is 0 Å². The summed E-state index contributed by atoms with van der Waals surface area (Å²) in [4.78, 5) is 0. The Bertz CT molecular complexity index is 819. The molecule has 0 radical (unpaired) electrons. The topological polar surface area (TPSA) is 55.9 Å². The average Bonchev–Trinajstić information content (AvgIpc) is 2.89. The number of anilines is 2. The van der Waals surface area contributed by atoms with E-state index in [0.717, 1.165) is 35.6 Å². The maximum Gasteiger partial charge on any atom is 0.132 e. The highest BCUT2D eigenvalue weighted by atomic mass is 15.4. The van der Waals surface area contributed by atoms with Crippen molar-refractivity contribution in [3.63, 3.8) is 0 Å². The van der Waals surface area contributed by atoms with Crippen molar-refractivity contribution in [2.45, 2.75) is 19.4 Å². The summed E-state index contributed by atoms with van der Waals surface area (Å²) in [5.74, 6) is 1.11. The normalized spacial score (nSPS) is 17.5. The van der Waals surface area contributed by atoms with Crippen LogP contribution in [0.3, 0.4) is 0 Å². The smallest absolute Gasteiger partial charge is 0.132 e. The Labute approximate surface area is 123 Å². The van der Waals surface area contributed by atoms with Gasteiger partial charge in [0.2, 0.25) is 0 Å². The molecule has 4 nitrogen and oxygen atoms in total. The van der Waals surface area contributed by atoms with E-state index in [1.165, 1.54) is 10.9 Å². The van der Waals surface area contributed by atoms with Gasteiger partial charge in [-0.05, 0) is 42.7 Å². The van der Waals surface area contributed by atoms with Crippen molar-refractivity contribution in [3.8, 4) is 0 Å². The molecular formula is C17H18N4. The van der Waals surface area contributed by atoms with Gasteiger partial charge < -0.3 is 11.1 Å². The number of hydrogen-bond donors (Lipinski definition) is 2. The van der Waals surface area contributed by atoms with Gasteiger partial charge in [-0.15, -0.1) is 0 Å². The largest absolute Gasteiger partial charge is 0.399 e. The first-order chi connectivity index (χ1) is 10.2. The fourth-order valence-corrected chi connectivity index (χ4v) is 3.08. The zero-order chi connectivity index (χ0) is 14.4. The van der Waals surface area contributed by atoms with Crippen LogP contribution < -0.4 is 11.1 Å². The van der Waals surface area contributed by atoms with Crippen LogP contribution in [0.4, 0.5) is 11.5 Å². The van der Waals surface area contributed by atoms with Gasteiger partial charge in [0.15, 0.2) is 0 Å². The van der Waals surface area contributed by atoms with Gasteiger partial charge in [-0.2, -0.15) is 5.10 Å². The lowest BCUT2D eigenvalue weighted by Crippen LogP contribution is -2.24. The first-order valence-electron chi connectivity index (χ1n) is 7.31. The summed E-state index contributed by atoms with van der Waals surface area (Å²) in [6.07, 6.45) is 1.02. The van der Waals surface area contributed by atoms with Crippen molar-refractivity contribution < 1.29 is 0 Å². The minimum Gasteiger partial charge on any atom is -0.399 e. The van der Waals surface area contributed by atoms with E-state index in [-0.39, 0.29) is 6.04 Å². The summed E-state index contributed by atoms with van der Waals surface area (Å²) in [5.41, 5.74) is 10.3. The second kappa shape index (κ2) is 4.52. The predicted octanol–water partition coefficient (Wildman–Crippen LogP) is 3.33. The number of nitrogens with two attached hydrogens (primary N) is 1. The molecule has 2 aromatic carbocycles. The highest BCUT2D eigenvalue weighted by Gasteiger charge is 2.24. The molecule has 4 heteroatoms. The molecule has 0 bridgehead atoms. The Balaban J connectivity index is 1.88. The number of aryl methyl sites for hydroxylation is 1. The highest BCUT2D eigenvalue weighted by Crippen LogP contribution is 2.35.